The van der Waals surface area contributed by atoms with Gasteiger partial charge in [-0.1, -0.05) is 26.7 Å². The molecule has 0 amide bonds. The molecule has 2 nitrogen and oxygen atoms in total. The molecule has 2 fully saturated rings. The zero-order valence-corrected chi connectivity index (χ0v) is 10.2. The van der Waals surface area contributed by atoms with E-state index in [1.807, 2.05) is 0 Å². The average molecular weight is 211 g/mol. The molecular weight excluding hydrogens is 186 g/mol. The van der Waals surface area contributed by atoms with Gasteiger partial charge in [-0.2, -0.15) is 0 Å². The summed E-state index contributed by atoms with van der Waals surface area (Å²) in [4.78, 5) is 2.55. The van der Waals surface area contributed by atoms with Crippen LogP contribution in [0.3, 0.4) is 0 Å². The van der Waals surface area contributed by atoms with Crippen LogP contribution in [-0.2, 0) is 0 Å². The van der Waals surface area contributed by atoms with Crippen molar-refractivity contribution in [3.63, 3.8) is 0 Å². The standard InChI is InChI=1S/C13H25NO/c1-10-7-8-14(9-11(10)2)12-5-3-4-6-13(12)15/h10-13,15H,3-9H2,1-2H3/t10?,11?,12-,13-/m1/s1. The molecule has 0 bridgehead atoms. The molecule has 1 aliphatic carbocycles. The Morgan fingerprint density at radius 2 is 1.73 bits per heavy atom. The first kappa shape index (κ1) is 11.4. The Kier molecular flexibility index (Phi) is 3.68. The van der Waals surface area contributed by atoms with Crippen molar-refractivity contribution < 1.29 is 5.11 Å². The normalized spacial score (nSPS) is 44.2. The predicted octanol–water partition coefficient (Wildman–Crippen LogP) is 2.27. The first-order valence-corrected chi connectivity index (χ1v) is 6.60. The SMILES string of the molecule is CC1CCN([C@@H]2CCCC[C@H]2O)CC1C. The molecule has 1 saturated heterocycles. The van der Waals surface area contributed by atoms with Gasteiger partial charge in [0.25, 0.3) is 0 Å². The van der Waals surface area contributed by atoms with Crippen molar-refractivity contribution in [2.24, 2.45) is 11.8 Å². The van der Waals surface area contributed by atoms with E-state index in [-0.39, 0.29) is 6.10 Å². The van der Waals surface area contributed by atoms with E-state index in [1.54, 1.807) is 0 Å². The lowest BCUT2D eigenvalue weighted by Gasteiger charge is -2.43. The summed E-state index contributed by atoms with van der Waals surface area (Å²) in [6.45, 7) is 7.11. The number of nitrogens with zero attached hydrogens (tertiary/aromatic N) is 1. The van der Waals surface area contributed by atoms with Gasteiger partial charge < -0.3 is 5.11 Å². The Balaban J connectivity index is 1.92. The summed E-state index contributed by atoms with van der Waals surface area (Å²) in [6.07, 6.45) is 6.01. The van der Waals surface area contributed by atoms with E-state index in [9.17, 15) is 5.11 Å². The molecule has 0 spiro atoms. The molecule has 1 heterocycles. The van der Waals surface area contributed by atoms with Gasteiger partial charge in [-0.15, -0.1) is 0 Å². The zero-order valence-electron chi connectivity index (χ0n) is 10.2. The molecular formula is C13H25NO. The highest BCUT2D eigenvalue weighted by Gasteiger charge is 2.32. The lowest BCUT2D eigenvalue weighted by molar-refractivity contribution is -0.00759. The van der Waals surface area contributed by atoms with Crippen LogP contribution >= 0.6 is 0 Å². The second-order valence-corrected chi connectivity index (χ2v) is 5.66. The van der Waals surface area contributed by atoms with Crippen LogP contribution in [0.2, 0.25) is 0 Å². The number of hydrogen-bond donors (Lipinski definition) is 1. The van der Waals surface area contributed by atoms with E-state index < -0.39 is 0 Å². The van der Waals surface area contributed by atoms with Gasteiger partial charge in [0.15, 0.2) is 0 Å². The minimum absolute atomic E-state index is 0.0562. The number of aliphatic hydroxyl groups is 1. The van der Waals surface area contributed by atoms with Crippen molar-refractivity contribution in [2.45, 2.75) is 58.1 Å². The smallest absolute Gasteiger partial charge is 0.0695 e. The van der Waals surface area contributed by atoms with Crippen LogP contribution < -0.4 is 0 Å². The maximum absolute atomic E-state index is 10.0. The molecule has 1 saturated carbocycles. The molecule has 1 aliphatic heterocycles. The third-order valence-electron chi connectivity index (χ3n) is 4.53. The summed E-state index contributed by atoms with van der Waals surface area (Å²) < 4.78 is 0. The molecule has 0 aromatic heterocycles. The van der Waals surface area contributed by atoms with Gasteiger partial charge in [-0.3, -0.25) is 4.90 Å². The van der Waals surface area contributed by atoms with E-state index in [4.69, 9.17) is 0 Å². The molecule has 2 aliphatic rings. The van der Waals surface area contributed by atoms with Crippen LogP contribution in [0.5, 0.6) is 0 Å². The molecule has 2 rings (SSSR count). The van der Waals surface area contributed by atoms with Gasteiger partial charge in [0.1, 0.15) is 0 Å². The Morgan fingerprint density at radius 3 is 2.40 bits per heavy atom. The minimum Gasteiger partial charge on any atom is -0.391 e. The summed E-state index contributed by atoms with van der Waals surface area (Å²) in [5, 5.41) is 10.0. The second-order valence-electron chi connectivity index (χ2n) is 5.66. The molecule has 1 N–H and O–H groups in total. The van der Waals surface area contributed by atoms with Gasteiger partial charge in [0, 0.05) is 12.6 Å². The van der Waals surface area contributed by atoms with Gasteiger partial charge in [0.2, 0.25) is 0 Å². The fraction of sp³-hybridized carbons (Fsp3) is 1.00. The number of rotatable bonds is 1. The molecule has 15 heavy (non-hydrogen) atoms. The Morgan fingerprint density at radius 1 is 1.00 bits per heavy atom. The molecule has 88 valence electrons. The largest absolute Gasteiger partial charge is 0.391 e. The van der Waals surface area contributed by atoms with Crippen molar-refractivity contribution in [1.29, 1.82) is 0 Å². The first-order valence-electron chi connectivity index (χ1n) is 6.60. The molecule has 2 heteroatoms. The highest BCUT2D eigenvalue weighted by atomic mass is 16.3. The fourth-order valence-corrected chi connectivity index (χ4v) is 3.11. The Hall–Kier alpha value is -0.0800. The Labute approximate surface area is 93.7 Å². The zero-order chi connectivity index (χ0) is 10.8. The summed E-state index contributed by atoms with van der Waals surface area (Å²) in [5.74, 6) is 1.66. The van der Waals surface area contributed by atoms with E-state index in [2.05, 4.69) is 18.7 Å². The highest BCUT2D eigenvalue weighted by molar-refractivity contribution is 4.87. The van der Waals surface area contributed by atoms with Gasteiger partial charge in [0.05, 0.1) is 6.10 Å². The predicted molar refractivity (Wildman–Crippen MR) is 62.8 cm³/mol. The third-order valence-corrected chi connectivity index (χ3v) is 4.53. The maximum atomic E-state index is 10.0. The van der Waals surface area contributed by atoms with Gasteiger partial charge in [-0.25, -0.2) is 0 Å². The van der Waals surface area contributed by atoms with Crippen molar-refractivity contribution in [2.75, 3.05) is 13.1 Å². The van der Waals surface area contributed by atoms with Crippen LogP contribution in [-0.4, -0.2) is 35.2 Å². The summed E-state index contributed by atoms with van der Waals surface area (Å²) in [5.41, 5.74) is 0. The van der Waals surface area contributed by atoms with Crippen molar-refractivity contribution in [3.05, 3.63) is 0 Å². The monoisotopic (exact) mass is 211 g/mol. The molecule has 0 aromatic carbocycles. The number of hydrogen-bond acceptors (Lipinski definition) is 2. The summed E-state index contributed by atoms with van der Waals surface area (Å²) >= 11 is 0. The van der Waals surface area contributed by atoms with Crippen LogP contribution in [0.25, 0.3) is 0 Å². The lowest BCUT2D eigenvalue weighted by Crippen LogP contribution is -2.50. The second kappa shape index (κ2) is 4.84. The fourth-order valence-electron chi connectivity index (χ4n) is 3.11. The molecule has 0 aromatic rings. The lowest BCUT2D eigenvalue weighted by atomic mass is 9.84. The van der Waals surface area contributed by atoms with E-state index >= 15 is 0 Å². The van der Waals surface area contributed by atoms with E-state index in [1.165, 1.54) is 38.8 Å². The number of aliphatic hydroxyl groups excluding tert-OH is 1. The van der Waals surface area contributed by atoms with E-state index in [0.29, 0.717) is 6.04 Å². The quantitative estimate of drug-likeness (QED) is 0.719. The van der Waals surface area contributed by atoms with Gasteiger partial charge >= 0.3 is 0 Å². The third kappa shape index (κ3) is 2.54. The van der Waals surface area contributed by atoms with Crippen molar-refractivity contribution in [1.82, 2.24) is 4.90 Å². The first-order chi connectivity index (χ1) is 7.18. The van der Waals surface area contributed by atoms with E-state index in [0.717, 1.165) is 18.3 Å². The average Bonchev–Trinajstić information content (AvgIpc) is 2.23. The summed E-state index contributed by atoms with van der Waals surface area (Å²) in [7, 11) is 0. The summed E-state index contributed by atoms with van der Waals surface area (Å²) in [6, 6.07) is 0.466. The highest BCUT2D eigenvalue weighted by Crippen LogP contribution is 2.29. The molecule has 2 unspecified atom stereocenters. The maximum Gasteiger partial charge on any atom is 0.0695 e. The van der Waals surface area contributed by atoms with Crippen LogP contribution in [0.4, 0.5) is 0 Å². The Bertz CT molecular complexity index is 207. The van der Waals surface area contributed by atoms with Crippen molar-refractivity contribution >= 4 is 0 Å². The van der Waals surface area contributed by atoms with Crippen LogP contribution in [0, 0.1) is 11.8 Å². The number of likely N-dealkylation sites (tertiary alicyclic amines) is 1. The van der Waals surface area contributed by atoms with Crippen molar-refractivity contribution in [3.8, 4) is 0 Å². The number of piperidine rings is 1. The topological polar surface area (TPSA) is 23.5 Å². The van der Waals surface area contributed by atoms with Crippen LogP contribution in [0.1, 0.15) is 46.0 Å². The van der Waals surface area contributed by atoms with Gasteiger partial charge in [-0.05, 0) is 37.6 Å². The minimum atomic E-state index is -0.0562. The molecule has 0 radical (unpaired) electrons. The van der Waals surface area contributed by atoms with Crippen LogP contribution in [0.15, 0.2) is 0 Å². The molecule has 4 atom stereocenters.